The van der Waals surface area contributed by atoms with Gasteiger partial charge >= 0.3 is 17.9 Å². The monoisotopic (exact) mass is 309 g/mol. The third kappa shape index (κ3) is 6.19. The molecule has 0 bridgehead atoms. The molecule has 0 rings (SSSR count). The number of aliphatic carboxylic acids is 1. The number of hydrogen-bond donors (Lipinski definition) is 5. The number of carboxylic acid groups (broad SMARTS) is 1. The van der Waals surface area contributed by atoms with E-state index >= 15 is 0 Å². The van der Waals surface area contributed by atoms with Crippen molar-refractivity contribution in [3.05, 3.63) is 0 Å². The average Bonchev–Trinajstić information content (AvgIpc) is 2.41. The van der Waals surface area contributed by atoms with Gasteiger partial charge in [-0.15, -0.1) is 0 Å². The highest BCUT2D eigenvalue weighted by atomic mass is 32.1. The molecule has 9 nitrogen and oxygen atoms in total. The molecule has 10 heteroatoms. The van der Waals surface area contributed by atoms with Crippen LogP contribution in [0.5, 0.6) is 0 Å². The second-order valence-electron chi connectivity index (χ2n) is 4.03. The summed E-state index contributed by atoms with van der Waals surface area (Å²) in [6.07, 6.45) is -0.984. The van der Waals surface area contributed by atoms with Gasteiger partial charge in [-0.3, -0.25) is 14.4 Å². The van der Waals surface area contributed by atoms with Crippen LogP contribution in [0.1, 0.15) is 6.92 Å². The number of thiol groups is 1. The Bertz CT molecular complexity index is 367. The number of ether oxygens (including phenoxy) is 2. The Kier molecular flexibility index (Phi) is 8.15. The normalized spacial score (nSPS) is 16.6. The van der Waals surface area contributed by atoms with E-state index in [1.54, 1.807) is 0 Å². The number of hydrogen-bond acceptors (Lipinski definition) is 9. The van der Waals surface area contributed by atoms with Gasteiger partial charge in [0.1, 0.15) is 30.8 Å². The minimum Gasteiger partial charge on any atom is -0.480 e. The molecule has 0 amide bonds. The van der Waals surface area contributed by atoms with E-state index in [4.69, 9.17) is 27.0 Å². The largest absolute Gasteiger partial charge is 0.480 e. The molecule has 7 N–H and O–H groups in total. The standard InChI is InChI=1S/C10H19N3O6S/c1-4(19-9(16)6(12)3-20)7(13)10(17)18-2-5(11)8(14)15/h4-7,20H,2-3,11-13H2,1H3,(H,14,15)/t4-,5+,6+,7+/m1/s1. The Morgan fingerprint density at radius 1 is 1.15 bits per heavy atom. The fraction of sp³-hybridized carbons (Fsp3) is 0.700. The van der Waals surface area contributed by atoms with E-state index in [0.717, 1.165) is 0 Å². The van der Waals surface area contributed by atoms with Gasteiger partial charge in [-0.05, 0) is 6.92 Å². The van der Waals surface area contributed by atoms with E-state index in [2.05, 4.69) is 17.4 Å². The van der Waals surface area contributed by atoms with Crippen LogP contribution in [0, 0.1) is 0 Å². The smallest absolute Gasteiger partial charge is 0.326 e. The zero-order chi connectivity index (χ0) is 15.9. The van der Waals surface area contributed by atoms with Crippen molar-refractivity contribution in [3.8, 4) is 0 Å². The van der Waals surface area contributed by atoms with Crippen LogP contribution in [0.25, 0.3) is 0 Å². The lowest BCUT2D eigenvalue weighted by atomic mass is 10.2. The van der Waals surface area contributed by atoms with Crippen molar-refractivity contribution >= 4 is 30.5 Å². The number of carbonyl (C=O) groups is 3. The first-order valence-electron chi connectivity index (χ1n) is 5.68. The molecule has 0 spiro atoms. The van der Waals surface area contributed by atoms with Gasteiger partial charge in [0.2, 0.25) is 0 Å². The number of carboxylic acids is 1. The van der Waals surface area contributed by atoms with E-state index in [1.165, 1.54) is 6.92 Å². The molecule has 0 aliphatic rings. The van der Waals surface area contributed by atoms with Gasteiger partial charge in [0.15, 0.2) is 0 Å². The third-order valence-electron chi connectivity index (χ3n) is 2.30. The van der Waals surface area contributed by atoms with Gasteiger partial charge in [-0.25, -0.2) is 0 Å². The van der Waals surface area contributed by atoms with Crippen molar-refractivity contribution in [2.24, 2.45) is 17.2 Å². The lowest BCUT2D eigenvalue weighted by molar-refractivity contribution is -0.157. The Morgan fingerprint density at radius 3 is 2.15 bits per heavy atom. The molecular formula is C10H19N3O6S. The summed E-state index contributed by atoms with van der Waals surface area (Å²) in [7, 11) is 0. The van der Waals surface area contributed by atoms with E-state index in [0.29, 0.717) is 0 Å². The number of carbonyl (C=O) groups excluding carboxylic acids is 2. The predicted octanol–water partition coefficient (Wildman–Crippen LogP) is -2.54. The first-order chi connectivity index (χ1) is 9.20. The van der Waals surface area contributed by atoms with Crippen LogP contribution in [-0.4, -0.2) is 59.6 Å². The SMILES string of the molecule is C[C@@H](OC(=O)[C@@H](N)CS)[C@H](N)C(=O)OC[C@H](N)C(=O)O. The van der Waals surface area contributed by atoms with Crippen molar-refractivity contribution in [2.75, 3.05) is 12.4 Å². The maximum atomic E-state index is 11.5. The van der Waals surface area contributed by atoms with Gasteiger partial charge in [-0.1, -0.05) is 0 Å². The zero-order valence-electron chi connectivity index (χ0n) is 10.9. The maximum Gasteiger partial charge on any atom is 0.326 e. The van der Waals surface area contributed by atoms with Gasteiger partial charge in [0.05, 0.1) is 0 Å². The molecule has 0 unspecified atom stereocenters. The van der Waals surface area contributed by atoms with Crippen molar-refractivity contribution in [1.29, 1.82) is 0 Å². The van der Waals surface area contributed by atoms with E-state index in [-0.39, 0.29) is 5.75 Å². The van der Waals surface area contributed by atoms with Crippen LogP contribution in [0.3, 0.4) is 0 Å². The van der Waals surface area contributed by atoms with Crippen molar-refractivity contribution < 1.29 is 29.0 Å². The third-order valence-corrected chi connectivity index (χ3v) is 2.70. The fourth-order valence-corrected chi connectivity index (χ4v) is 1.10. The van der Waals surface area contributed by atoms with Crippen LogP contribution in [0.2, 0.25) is 0 Å². The minimum absolute atomic E-state index is 0.0820. The highest BCUT2D eigenvalue weighted by Crippen LogP contribution is 2.02. The van der Waals surface area contributed by atoms with E-state index in [1.807, 2.05) is 0 Å². The highest BCUT2D eigenvalue weighted by Gasteiger charge is 2.28. The number of nitrogens with two attached hydrogens (primary N) is 3. The van der Waals surface area contributed by atoms with Gasteiger partial charge < -0.3 is 31.8 Å². The topological polar surface area (TPSA) is 168 Å². The molecule has 0 heterocycles. The van der Waals surface area contributed by atoms with Crippen LogP contribution < -0.4 is 17.2 Å². The van der Waals surface area contributed by atoms with Crippen LogP contribution in [0.4, 0.5) is 0 Å². The molecule has 0 saturated heterocycles. The summed E-state index contributed by atoms with van der Waals surface area (Å²) in [6.45, 7) is 0.852. The molecule has 0 saturated carbocycles. The Hall–Kier alpha value is -1.36. The molecule has 116 valence electrons. The first-order valence-corrected chi connectivity index (χ1v) is 6.31. The van der Waals surface area contributed by atoms with Crippen molar-refractivity contribution in [1.82, 2.24) is 0 Å². The molecule has 0 aromatic carbocycles. The molecule has 0 aromatic heterocycles. The second-order valence-corrected chi connectivity index (χ2v) is 4.40. The van der Waals surface area contributed by atoms with E-state index in [9.17, 15) is 14.4 Å². The summed E-state index contributed by atoms with van der Waals surface area (Å²) < 4.78 is 9.46. The highest BCUT2D eigenvalue weighted by molar-refractivity contribution is 7.80. The molecule has 4 atom stereocenters. The van der Waals surface area contributed by atoms with Crippen molar-refractivity contribution in [2.45, 2.75) is 31.2 Å². The van der Waals surface area contributed by atoms with Crippen LogP contribution in [-0.2, 0) is 23.9 Å². The van der Waals surface area contributed by atoms with E-state index < -0.39 is 48.7 Å². The van der Waals surface area contributed by atoms with Gasteiger partial charge in [0, 0.05) is 5.75 Å². The van der Waals surface area contributed by atoms with Gasteiger partial charge in [-0.2, -0.15) is 12.6 Å². The molecule has 0 fully saturated rings. The van der Waals surface area contributed by atoms with Crippen LogP contribution >= 0.6 is 12.6 Å². The first kappa shape index (κ1) is 18.6. The predicted molar refractivity (Wildman–Crippen MR) is 71.9 cm³/mol. The summed E-state index contributed by atoms with van der Waals surface area (Å²) in [5.74, 6) is -2.91. The average molecular weight is 309 g/mol. The lowest BCUT2D eigenvalue weighted by Gasteiger charge is -2.21. The fourth-order valence-electron chi connectivity index (χ4n) is 0.950. The molecule has 0 aromatic rings. The molecule has 0 aliphatic carbocycles. The molecule has 0 aliphatic heterocycles. The Balaban J connectivity index is 4.29. The van der Waals surface area contributed by atoms with Crippen LogP contribution in [0.15, 0.2) is 0 Å². The summed E-state index contributed by atoms with van der Waals surface area (Å²) in [4.78, 5) is 33.3. The van der Waals surface area contributed by atoms with Gasteiger partial charge in [0.25, 0.3) is 0 Å². The lowest BCUT2D eigenvalue weighted by Crippen LogP contribution is -2.47. The molecular weight excluding hydrogens is 290 g/mol. The Labute approximate surface area is 121 Å². The quantitative estimate of drug-likeness (QED) is 0.239. The summed E-state index contributed by atoms with van der Waals surface area (Å²) in [5.41, 5.74) is 16.0. The molecule has 20 heavy (non-hydrogen) atoms. The maximum absolute atomic E-state index is 11.5. The molecule has 0 radical (unpaired) electrons. The minimum atomic E-state index is -1.35. The second kappa shape index (κ2) is 8.74. The number of esters is 2. The summed E-state index contributed by atoms with van der Waals surface area (Å²) in [5, 5.41) is 8.51. The summed E-state index contributed by atoms with van der Waals surface area (Å²) >= 11 is 3.83. The zero-order valence-corrected chi connectivity index (χ0v) is 11.8. The van der Waals surface area contributed by atoms with Crippen molar-refractivity contribution in [3.63, 3.8) is 0 Å². The summed E-state index contributed by atoms with van der Waals surface area (Å²) in [6, 6.07) is -3.54. The Morgan fingerprint density at radius 2 is 1.70 bits per heavy atom. The number of rotatable bonds is 8.